The van der Waals surface area contributed by atoms with Gasteiger partial charge in [-0.2, -0.15) is 0 Å². The van der Waals surface area contributed by atoms with Crippen molar-refractivity contribution in [2.24, 2.45) is 5.92 Å². The topological polar surface area (TPSA) is 23.5 Å². The fraction of sp³-hybridized carbons (Fsp3) is 1.00. The third-order valence-corrected chi connectivity index (χ3v) is 4.18. The molecule has 0 heterocycles. The minimum Gasteiger partial charge on any atom is -0.395 e. The predicted molar refractivity (Wildman–Crippen MR) is 63.9 cm³/mol. The summed E-state index contributed by atoms with van der Waals surface area (Å²) in [5.74, 6) is 0.738. The molecule has 14 heavy (non-hydrogen) atoms. The van der Waals surface area contributed by atoms with Gasteiger partial charge in [0.1, 0.15) is 0 Å². The number of nitrogens with zero attached hydrogens (tertiary/aromatic N) is 1. The van der Waals surface area contributed by atoms with E-state index in [1.807, 2.05) is 0 Å². The number of hydrogen-bond donors (Lipinski definition) is 1. The maximum absolute atomic E-state index is 9.01. The highest BCUT2D eigenvalue weighted by Gasteiger charge is 2.25. The quantitative estimate of drug-likeness (QED) is 0.713. The Balaban J connectivity index is 2.32. The lowest BCUT2D eigenvalue weighted by molar-refractivity contribution is 0.0877. The molecule has 1 N–H and O–H groups in total. The highest BCUT2D eigenvalue weighted by molar-refractivity contribution is 9.09. The first-order chi connectivity index (χ1) is 6.81. The number of hydrogen-bond acceptors (Lipinski definition) is 2. The summed E-state index contributed by atoms with van der Waals surface area (Å²) in [6.45, 7) is 4.54. The minimum absolute atomic E-state index is 0.301. The van der Waals surface area contributed by atoms with Gasteiger partial charge in [0.25, 0.3) is 0 Å². The van der Waals surface area contributed by atoms with E-state index in [4.69, 9.17) is 5.11 Å². The second-order valence-corrected chi connectivity index (χ2v) is 4.88. The zero-order chi connectivity index (χ0) is 10.4. The molecule has 1 unspecified atom stereocenters. The monoisotopic (exact) mass is 263 g/mol. The summed E-state index contributed by atoms with van der Waals surface area (Å²) >= 11 is 3.56. The Morgan fingerprint density at radius 1 is 1.50 bits per heavy atom. The fourth-order valence-electron chi connectivity index (χ4n) is 1.92. The number of aliphatic hydroxyl groups is 1. The minimum atomic E-state index is 0.301. The van der Waals surface area contributed by atoms with E-state index >= 15 is 0 Å². The maximum Gasteiger partial charge on any atom is 0.0558 e. The van der Waals surface area contributed by atoms with E-state index in [0.717, 1.165) is 30.4 Å². The maximum atomic E-state index is 9.01. The van der Waals surface area contributed by atoms with Gasteiger partial charge in [-0.15, -0.1) is 0 Å². The van der Waals surface area contributed by atoms with Crippen molar-refractivity contribution in [3.8, 4) is 0 Å². The molecule has 0 aromatic rings. The molecule has 1 aliphatic carbocycles. The van der Waals surface area contributed by atoms with Gasteiger partial charge in [-0.1, -0.05) is 35.7 Å². The molecule has 3 heteroatoms. The summed E-state index contributed by atoms with van der Waals surface area (Å²) < 4.78 is 0. The molecule has 0 aromatic heterocycles. The van der Waals surface area contributed by atoms with Gasteiger partial charge < -0.3 is 5.11 Å². The first kappa shape index (κ1) is 12.5. The fourth-order valence-corrected chi connectivity index (χ4v) is 2.58. The van der Waals surface area contributed by atoms with Crippen LogP contribution in [0.3, 0.4) is 0 Å². The second-order valence-electron chi connectivity index (χ2n) is 4.23. The van der Waals surface area contributed by atoms with Gasteiger partial charge in [-0.3, -0.25) is 4.90 Å². The lowest BCUT2D eigenvalue weighted by Crippen LogP contribution is -2.44. The van der Waals surface area contributed by atoms with Crippen LogP contribution in [0.15, 0.2) is 0 Å². The molecule has 0 saturated heterocycles. The predicted octanol–water partition coefficient (Wildman–Crippen LogP) is 2.25. The van der Waals surface area contributed by atoms with Gasteiger partial charge in [0.2, 0.25) is 0 Å². The van der Waals surface area contributed by atoms with Crippen LogP contribution in [0.4, 0.5) is 0 Å². The van der Waals surface area contributed by atoms with Crippen molar-refractivity contribution in [2.45, 2.75) is 38.6 Å². The molecule has 1 rings (SSSR count). The molecule has 2 nitrogen and oxygen atoms in total. The Morgan fingerprint density at radius 3 is 2.57 bits per heavy atom. The van der Waals surface area contributed by atoms with Crippen LogP contribution in [0.1, 0.15) is 32.6 Å². The van der Waals surface area contributed by atoms with E-state index < -0.39 is 0 Å². The standard InChI is InChI=1S/C11H22BrNO/c1-2-10(8-12)9-13(6-7-14)11-4-3-5-11/h10-11,14H,2-9H2,1H3. The Hall–Kier alpha value is 0.400. The zero-order valence-corrected chi connectivity index (χ0v) is 10.7. The van der Waals surface area contributed by atoms with Crippen LogP contribution in [0, 0.1) is 5.92 Å². The Morgan fingerprint density at radius 2 is 2.21 bits per heavy atom. The van der Waals surface area contributed by atoms with Crippen LogP contribution >= 0.6 is 15.9 Å². The van der Waals surface area contributed by atoms with Gasteiger partial charge in [-0.05, 0) is 18.8 Å². The van der Waals surface area contributed by atoms with Gasteiger partial charge in [-0.25, -0.2) is 0 Å². The molecule has 84 valence electrons. The van der Waals surface area contributed by atoms with Crippen molar-refractivity contribution in [1.29, 1.82) is 0 Å². The zero-order valence-electron chi connectivity index (χ0n) is 9.08. The smallest absolute Gasteiger partial charge is 0.0558 e. The summed E-state index contributed by atoms with van der Waals surface area (Å²) in [6.07, 6.45) is 5.26. The normalized spacial score (nSPS) is 19.7. The Bertz CT molecular complexity index is 144. The number of aliphatic hydroxyl groups excluding tert-OH is 1. The molecule has 0 amide bonds. The van der Waals surface area contributed by atoms with Crippen molar-refractivity contribution in [1.82, 2.24) is 4.90 Å². The third kappa shape index (κ3) is 3.52. The van der Waals surface area contributed by atoms with Crippen molar-refractivity contribution < 1.29 is 5.11 Å². The highest BCUT2D eigenvalue weighted by atomic mass is 79.9. The molecule has 0 bridgehead atoms. The molecular formula is C11H22BrNO. The largest absolute Gasteiger partial charge is 0.395 e. The lowest BCUT2D eigenvalue weighted by atomic mass is 9.90. The Kier molecular flexibility index (Phi) is 6.06. The van der Waals surface area contributed by atoms with Crippen LogP contribution in [0.2, 0.25) is 0 Å². The van der Waals surface area contributed by atoms with E-state index in [1.165, 1.54) is 25.7 Å². The number of rotatable bonds is 7. The van der Waals surface area contributed by atoms with Crippen molar-refractivity contribution in [3.05, 3.63) is 0 Å². The molecule has 1 fully saturated rings. The number of alkyl halides is 1. The molecule has 0 aromatic carbocycles. The average Bonchev–Trinajstić information content (AvgIpc) is 2.11. The van der Waals surface area contributed by atoms with E-state index in [9.17, 15) is 0 Å². The Labute approximate surface area is 95.8 Å². The molecule has 0 radical (unpaired) electrons. The van der Waals surface area contributed by atoms with E-state index in [-0.39, 0.29) is 0 Å². The van der Waals surface area contributed by atoms with Gasteiger partial charge in [0, 0.05) is 24.5 Å². The molecule has 1 atom stereocenters. The highest BCUT2D eigenvalue weighted by Crippen LogP contribution is 2.25. The van der Waals surface area contributed by atoms with E-state index in [1.54, 1.807) is 0 Å². The van der Waals surface area contributed by atoms with Crippen molar-refractivity contribution >= 4 is 15.9 Å². The lowest BCUT2D eigenvalue weighted by Gasteiger charge is -2.38. The number of halogens is 1. The van der Waals surface area contributed by atoms with E-state index in [2.05, 4.69) is 27.8 Å². The molecule has 1 aliphatic rings. The summed E-state index contributed by atoms with van der Waals surface area (Å²) in [4.78, 5) is 2.47. The average molecular weight is 264 g/mol. The second kappa shape index (κ2) is 6.81. The van der Waals surface area contributed by atoms with Crippen LogP contribution in [-0.4, -0.2) is 41.1 Å². The first-order valence-electron chi connectivity index (χ1n) is 5.72. The molecule has 0 spiro atoms. The van der Waals surface area contributed by atoms with Gasteiger partial charge in [0.05, 0.1) is 6.61 Å². The van der Waals surface area contributed by atoms with E-state index in [0.29, 0.717) is 6.61 Å². The van der Waals surface area contributed by atoms with Crippen molar-refractivity contribution in [3.63, 3.8) is 0 Å². The summed E-state index contributed by atoms with van der Waals surface area (Å²) in [5.41, 5.74) is 0. The molecular weight excluding hydrogens is 242 g/mol. The van der Waals surface area contributed by atoms with Crippen LogP contribution in [0.5, 0.6) is 0 Å². The van der Waals surface area contributed by atoms with Gasteiger partial charge >= 0.3 is 0 Å². The molecule has 1 saturated carbocycles. The van der Waals surface area contributed by atoms with Crippen LogP contribution in [-0.2, 0) is 0 Å². The van der Waals surface area contributed by atoms with Gasteiger partial charge in [0.15, 0.2) is 0 Å². The van der Waals surface area contributed by atoms with Crippen LogP contribution in [0.25, 0.3) is 0 Å². The third-order valence-electron chi connectivity index (χ3n) is 3.27. The van der Waals surface area contributed by atoms with Crippen LogP contribution < -0.4 is 0 Å². The van der Waals surface area contributed by atoms with Crippen molar-refractivity contribution in [2.75, 3.05) is 25.0 Å². The SMILES string of the molecule is CCC(CBr)CN(CCO)C1CCC1. The summed E-state index contributed by atoms with van der Waals surface area (Å²) in [5, 5.41) is 10.1. The molecule has 0 aliphatic heterocycles. The first-order valence-corrected chi connectivity index (χ1v) is 6.84. The summed E-state index contributed by atoms with van der Waals surface area (Å²) in [6, 6.07) is 0.759. The summed E-state index contributed by atoms with van der Waals surface area (Å²) in [7, 11) is 0.